The van der Waals surface area contributed by atoms with E-state index < -0.39 is 30.6 Å². The summed E-state index contributed by atoms with van der Waals surface area (Å²) in [4.78, 5) is 37.4. The largest absolute Gasteiger partial charge is 0.435 e. The third-order valence-corrected chi connectivity index (χ3v) is 14.8. The van der Waals surface area contributed by atoms with Crippen molar-refractivity contribution in [1.29, 1.82) is 0 Å². The molecule has 0 radical (unpaired) electrons. The van der Waals surface area contributed by atoms with Crippen molar-refractivity contribution in [2.24, 2.45) is 57.7 Å². The molecule has 2 aliphatic heterocycles. The number of hydrogen-bond acceptors (Lipinski definition) is 7. The summed E-state index contributed by atoms with van der Waals surface area (Å²) >= 11 is 0. The van der Waals surface area contributed by atoms with Gasteiger partial charge in [0.05, 0.1) is 24.0 Å². The summed E-state index contributed by atoms with van der Waals surface area (Å²) in [6.07, 6.45) is 14.2. The average molecular weight is 693 g/mol. The van der Waals surface area contributed by atoms with Crippen LogP contribution in [0.3, 0.4) is 0 Å². The van der Waals surface area contributed by atoms with Crippen LogP contribution in [0.15, 0.2) is 36.0 Å². The Morgan fingerprint density at radius 2 is 1.46 bits per heavy atom. The van der Waals surface area contributed by atoms with E-state index in [1.54, 1.807) is 0 Å². The van der Waals surface area contributed by atoms with Crippen molar-refractivity contribution >= 4 is 18.2 Å². The van der Waals surface area contributed by atoms with Gasteiger partial charge in [0.15, 0.2) is 0 Å². The van der Waals surface area contributed by atoms with Gasteiger partial charge in [-0.1, -0.05) is 77.8 Å². The van der Waals surface area contributed by atoms with Gasteiger partial charge < -0.3 is 18.9 Å². The zero-order valence-corrected chi connectivity index (χ0v) is 32.0. The highest BCUT2D eigenvalue weighted by Crippen LogP contribution is 2.63. The molecule has 0 bridgehead atoms. The van der Waals surface area contributed by atoms with Crippen LogP contribution in [0.1, 0.15) is 132 Å². The van der Waals surface area contributed by atoms with Crippen molar-refractivity contribution < 1.29 is 33.3 Å². The summed E-state index contributed by atoms with van der Waals surface area (Å²) in [5.41, 5.74) is 3.96. The van der Waals surface area contributed by atoms with Gasteiger partial charge in [0.2, 0.25) is 12.6 Å². The molecule has 4 saturated carbocycles. The number of esters is 2. The SMILES string of the molecule is C=C1CCC2C(CCCC2(C)C)C1CC=C(C=O)CC1OC(CC2C(=C)CCC3C(C)(C)CCCC23C)C2C(OC(C)=O)OC(OC(C)=O)C12. The minimum Gasteiger partial charge on any atom is -0.435 e. The monoisotopic (exact) mass is 692 g/mol. The Morgan fingerprint density at radius 1 is 0.820 bits per heavy atom. The molecule has 7 nitrogen and oxygen atoms in total. The molecule has 278 valence electrons. The van der Waals surface area contributed by atoms with Gasteiger partial charge in [0.25, 0.3) is 0 Å². The first-order valence-electron chi connectivity index (χ1n) is 19.7. The maximum atomic E-state index is 12.8. The smallest absolute Gasteiger partial charge is 0.304 e. The summed E-state index contributed by atoms with van der Waals surface area (Å²) in [7, 11) is 0. The molecule has 0 spiro atoms. The number of aldehydes is 1. The Bertz CT molecular complexity index is 1370. The maximum absolute atomic E-state index is 12.8. The second kappa shape index (κ2) is 14.3. The lowest BCUT2D eigenvalue weighted by Crippen LogP contribution is -2.50. The van der Waals surface area contributed by atoms with E-state index in [0.29, 0.717) is 41.1 Å². The molecule has 12 unspecified atom stereocenters. The summed E-state index contributed by atoms with van der Waals surface area (Å²) in [6, 6.07) is 0. The first-order valence-corrected chi connectivity index (χ1v) is 19.7. The molecule has 0 N–H and O–H groups in total. The maximum Gasteiger partial charge on any atom is 0.304 e. The van der Waals surface area contributed by atoms with Crippen LogP contribution >= 0.6 is 0 Å². The molecular weight excluding hydrogens is 628 g/mol. The molecule has 0 aromatic carbocycles. The van der Waals surface area contributed by atoms with Crippen molar-refractivity contribution in [1.82, 2.24) is 0 Å². The van der Waals surface area contributed by atoms with Gasteiger partial charge in [-0.15, -0.1) is 0 Å². The summed E-state index contributed by atoms with van der Waals surface area (Å²) < 4.78 is 24.8. The van der Waals surface area contributed by atoms with Gasteiger partial charge in [0, 0.05) is 20.3 Å². The van der Waals surface area contributed by atoms with Crippen LogP contribution in [0.2, 0.25) is 0 Å². The Labute approximate surface area is 301 Å². The van der Waals surface area contributed by atoms with Crippen LogP contribution in [-0.2, 0) is 33.3 Å². The van der Waals surface area contributed by atoms with Crippen molar-refractivity contribution in [2.45, 2.75) is 157 Å². The fraction of sp³-hybridized carbons (Fsp3) is 0.791. The lowest BCUT2D eigenvalue weighted by molar-refractivity contribution is -0.227. The Morgan fingerprint density at radius 3 is 2.12 bits per heavy atom. The van der Waals surface area contributed by atoms with Gasteiger partial charge in [-0.2, -0.15) is 0 Å². The number of carbonyl (C=O) groups is 3. The molecule has 50 heavy (non-hydrogen) atoms. The molecule has 12 atom stereocenters. The molecule has 6 fully saturated rings. The van der Waals surface area contributed by atoms with E-state index in [-0.39, 0.29) is 34.7 Å². The number of carbonyl (C=O) groups excluding carboxylic acids is 3. The van der Waals surface area contributed by atoms with E-state index in [4.69, 9.17) is 18.9 Å². The van der Waals surface area contributed by atoms with E-state index in [2.05, 4.69) is 53.9 Å². The van der Waals surface area contributed by atoms with Crippen molar-refractivity contribution in [3.63, 3.8) is 0 Å². The van der Waals surface area contributed by atoms with Crippen molar-refractivity contribution in [3.8, 4) is 0 Å². The second-order valence-electron chi connectivity index (χ2n) is 18.6. The first-order chi connectivity index (χ1) is 23.6. The molecule has 6 rings (SSSR count). The van der Waals surface area contributed by atoms with Crippen LogP contribution in [0.4, 0.5) is 0 Å². The summed E-state index contributed by atoms with van der Waals surface area (Å²) in [5, 5.41) is 0. The standard InChI is InChI=1S/C43H64O7/c1-25-13-17-32-31(12-10-19-41(32,5)6)30(25)16-15-29(24-44)22-34-37-38(40(48-28(4)46)50-39(37)47-27(3)45)35(49-34)23-33-26(2)14-18-36-42(7,8)20-11-21-43(33,36)9/h15,24,30-40H,1-2,10-14,16-23H2,3-9H3. The zero-order chi connectivity index (χ0) is 36.2. The van der Waals surface area contributed by atoms with E-state index in [0.717, 1.165) is 44.8 Å². The molecule has 7 heteroatoms. The fourth-order valence-electron chi connectivity index (χ4n) is 12.5. The fourth-order valence-corrected chi connectivity index (χ4v) is 12.5. The molecule has 0 aromatic rings. The van der Waals surface area contributed by atoms with Crippen LogP contribution in [0.5, 0.6) is 0 Å². The predicted octanol–water partition coefficient (Wildman–Crippen LogP) is 9.30. The first kappa shape index (κ1) is 37.5. The molecular formula is C43H64O7. The van der Waals surface area contributed by atoms with Crippen LogP contribution < -0.4 is 0 Å². The predicted molar refractivity (Wildman–Crippen MR) is 193 cm³/mol. The molecule has 2 saturated heterocycles. The average Bonchev–Trinajstić information content (AvgIpc) is 3.54. The highest BCUT2D eigenvalue weighted by atomic mass is 16.8. The number of rotatable bonds is 9. The zero-order valence-electron chi connectivity index (χ0n) is 32.0. The molecule has 2 heterocycles. The second-order valence-corrected chi connectivity index (χ2v) is 18.6. The molecule has 6 aliphatic rings. The Hall–Kier alpha value is -2.25. The number of fused-ring (bicyclic) bond motifs is 3. The number of ether oxygens (including phenoxy) is 4. The number of hydrogen-bond donors (Lipinski definition) is 0. The van der Waals surface area contributed by atoms with Gasteiger partial charge >= 0.3 is 11.9 Å². The topological polar surface area (TPSA) is 88.1 Å². The molecule has 0 aromatic heterocycles. The highest BCUT2D eigenvalue weighted by molar-refractivity contribution is 5.73. The van der Waals surface area contributed by atoms with Gasteiger partial charge in [-0.25, -0.2) is 0 Å². The van der Waals surface area contributed by atoms with E-state index in [9.17, 15) is 14.4 Å². The third-order valence-electron chi connectivity index (χ3n) is 14.8. The normalized spacial score (nSPS) is 42.2. The minimum absolute atomic E-state index is 0.0848. The van der Waals surface area contributed by atoms with Gasteiger partial charge in [0.1, 0.15) is 6.29 Å². The van der Waals surface area contributed by atoms with E-state index >= 15 is 0 Å². The van der Waals surface area contributed by atoms with Gasteiger partial charge in [-0.3, -0.25) is 14.4 Å². The molecule has 4 aliphatic carbocycles. The van der Waals surface area contributed by atoms with Crippen LogP contribution in [-0.4, -0.2) is 43.0 Å². The lowest BCUT2D eigenvalue weighted by Gasteiger charge is -2.58. The Balaban J connectivity index is 1.27. The Kier molecular flexibility index (Phi) is 10.7. The van der Waals surface area contributed by atoms with Gasteiger partial charge in [-0.05, 0) is 116 Å². The van der Waals surface area contributed by atoms with Crippen LogP contribution in [0, 0.1) is 57.7 Å². The van der Waals surface area contributed by atoms with E-state index in [1.807, 2.05) is 0 Å². The summed E-state index contributed by atoms with van der Waals surface area (Å²) in [5.74, 6) is 0.839. The van der Waals surface area contributed by atoms with E-state index in [1.165, 1.54) is 63.5 Å². The third kappa shape index (κ3) is 7.08. The minimum atomic E-state index is -0.931. The summed E-state index contributed by atoms with van der Waals surface area (Å²) in [6.45, 7) is 24.0. The van der Waals surface area contributed by atoms with Crippen molar-refractivity contribution in [3.05, 3.63) is 36.0 Å². The number of allylic oxidation sites excluding steroid dienone is 3. The highest BCUT2D eigenvalue weighted by Gasteiger charge is 2.62. The van der Waals surface area contributed by atoms with Crippen molar-refractivity contribution in [2.75, 3.05) is 0 Å². The lowest BCUT2D eigenvalue weighted by atomic mass is 9.47. The van der Waals surface area contributed by atoms with Crippen LogP contribution in [0.25, 0.3) is 0 Å². The quantitative estimate of drug-likeness (QED) is 0.103. The molecule has 0 amide bonds.